The van der Waals surface area contributed by atoms with Crippen molar-refractivity contribution in [2.75, 3.05) is 23.3 Å². The topological polar surface area (TPSA) is 84.2 Å². The number of hydrogen-bond acceptors (Lipinski definition) is 6. The van der Waals surface area contributed by atoms with E-state index in [2.05, 4.69) is 16.5 Å². The Labute approximate surface area is 277 Å². The number of anilines is 1. The molecule has 5 rings (SSSR count). The lowest BCUT2D eigenvalue weighted by atomic mass is 9.99. The molecule has 12 heteroatoms. The molecule has 1 saturated heterocycles. The standard InChI is InChI=1S/C32H34ClFN6O2.CH2Cl2/c1-8-27(41)38-15-19(5)39(16-18(38)4)30-23-13-25(33)28(22-11-9-10-12-26(22)34)36-31(23)40(32(42)37-30)29-20(6)21(7)35-14-24(29)17(2)3;2-1-3/h8-14,17-19H,1,15-16H2,2-7H3;1H2/t18-,19+;/m1./s1. The largest absolute Gasteiger partial charge is 0.355 e. The van der Waals surface area contributed by atoms with Gasteiger partial charge in [-0.15, -0.1) is 23.2 Å². The molecule has 0 spiro atoms. The van der Waals surface area contributed by atoms with Crippen LogP contribution in [0.2, 0.25) is 5.02 Å². The smallest absolute Gasteiger partial charge is 0.349 e. The number of aryl methyl sites for hydroxylation is 1. The first-order valence-corrected chi connectivity index (χ1v) is 16.0. The SMILES string of the molecule is C=CC(=O)N1C[C@H](C)N(c2nc(=O)n(-c3c(C(C)C)cnc(C)c3C)c3nc(-c4ccccc4F)c(Cl)cc23)C[C@H]1C.ClCCl. The molecule has 4 aromatic rings. The van der Waals surface area contributed by atoms with Gasteiger partial charge < -0.3 is 9.80 Å². The minimum absolute atomic E-state index is 0.0445. The van der Waals surface area contributed by atoms with E-state index in [0.29, 0.717) is 35.6 Å². The lowest BCUT2D eigenvalue weighted by molar-refractivity contribution is -0.128. The highest BCUT2D eigenvalue weighted by Crippen LogP contribution is 2.37. The van der Waals surface area contributed by atoms with Crippen LogP contribution in [-0.2, 0) is 4.79 Å². The average molecular weight is 674 g/mol. The molecule has 0 N–H and O–H groups in total. The van der Waals surface area contributed by atoms with Gasteiger partial charge in [-0.1, -0.05) is 44.2 Å². The van der Waals surface area contributed by atoms with E-state index in [4.69, 9.17) is 39.8 Å². The minimum atomic E-state index is -0.521. The number of hydrogen-bond donors (Lipinski definition) is 0. The van der Waals surface area contributed by atoms with Gasteiger partial charge in [0.1, 0.15) is 11.6 Å². The predicted molar refractivity (Wildman–Crippen MR) is 182 cm³/mol. The molecular formula is C33H36Cl3FN6O2. The first-order chi connectivity index (χ1) is 21.4. The molecule has 0 unspecified atom stereocenters. The Bertz CT molecular complexity index is 1810. The molecule has 2 atom stereocenters. The summed E-state index contributed by atoms with van der Waals surface area (Å²) in [6.45, 7) is 16.3. The zero-order valence-electron chi connectivity index (χ0n) is 26.1. The molecule has 1 aliphatic heterocycles. The molecule has 1 aliphatic rings. The van der Waals surface area contributed by atoms with Crippen molar-refractivity contribution in [3.8, 4) is 16.9 Å². The molecule has 8 nitrogen and oxygen atoms in total. The maximum atomic E-state index is 15.0. The molecule has 0 saturated carbocycles. The van der Waals surface area contributed by atoms with Gasteiger partial charge in [-0.3, -0.25) is 9.78 Å². The Balaban J connectivity index is 0.00000148. The Morgan fingerprint density at radius 3 is 2.42 bits per heavy atom. The summed E-state index contributed by atoms with van der Waals surface area (Å²) in [5.41, 5.74) is 3.35. The molecule has 1 aromatic carbocycles. The maximum absolute atomic E-state index is 15.0. The molecule has 0 radical (unpaired) electrons. The molecule has 238 valence electrons. The van der Waals surface area contributed by atoms with Crippen LogP contribution >= 0.6 is 34.8 Å². The van der Waals surface area contributed by atoms with Crippen molar-refractivity contribution in [1.29, 1.82) is 0 Å². The number of rotatable bonds is 5. The summed E-state index contributed by atoms with van der Waals surface area (Å²) >= 11 is 16.3. The number of piperazine rings is 1. The van der Waals surface area contributed by atoms with Crippen molar-refractivity contribution >= 4 is 57.6 Å². The van der Waals surface area contributed by atoms with Crippen LogP contribution in [0, 0.1) is 19.7 Å². The fraction of sp³-hybridized carbons (Fsp3) is 0.364. The van der Waals surface area contributed by atoms with Crippen LogP contribution in [0.15, 0.2) is 54.0 Å². The van der Waals surface area contributed by atoms with Crippen molar-refractivity contribution in [1.82, 2.24) is 24.4 Å². The third-order valence-electron chi connectivity index (χ3n) is 8.06. The Morgan fingerprint density at radius 2 is 1.80 bits per heavy atom. The van der Waals surface area contributed by atoms with E-state index in [9.17, 15) is 9.59 Å². The van der Waals surface area contributed by atoms with Crippen LogP contribution < -0.4 is 10.6 Å². The van der Waals surface area contributed by atoms with Crippen molar-refractivity contribution in [2.24, 2.45) is 0 Å². The minimum Gasteiger partial charge on any atom is -0.349 e. The van der Waals surface area contributed by atoms with Crippen LogP contribution in [0.5, 0.6) is 0 Å². The van der Waals surface area contributed by atoms with E-state index in [0.717, 1.165) is 16.8 Å². The fourth-order valence-corrected chi connectivity index (χ4v) is 5.90. The van der Waals surface area contributed by atoms with E-state index < -0.39 is 11.5 Å². The molecule has 0 aliphatic carbocycles. The van der Waals surface area contributed by atoms with E-state index >= 15 is 4.39 Å². The number of pyridine rings is 2. The number of nitrogens with zero attached hydrogens (tertiary/aromatic N) is 6. The number of carbonyl (C=O) groups is 1. The monoisotopic (exact) mass is 672 g/mol. The zero-order chi connectivity index (χ0) is 33.2. The van der Waals surface area contributed by atoms with Gasteiger partial charge in [0, 0.05) is 42.6 Å². The summed E-state index contributed by atoms with van der Waals surface area (Å²) < 4.78 is 16.5. The van der Waals surface area contributed by atoms with E-state index in [-0.39, 0.29) is 45.5 Å². The number of amides is 1. The lowest BCUT2D eigenvalue weighted by Crippen LogP contribution is -2.58. The predicted octanol–water partition coefficient (Wildman–Crippen LogP) is 7.41. The summed E-state index contributed by atoms with van der Waals surface area (Å²) in [6, 6.07) is 7.65. The number of carbonyl (C=O) groups excluding carboxylic acids is 1. The third-order valence-corrected chi connectivity index (χ3v) is 8.35. The van der Waals surface area contributed by atoms with Crippen molar-refractivity contribution in [2.45, 2.75) is 59.5 Å². The number of benzene rings is 1. The van der Waals surface area contributed by atoms with Crippen LogP contribution in [0.25, 0.3) is 28.0 Å². The molecule has 3 aromatic heterocycles. The number of fused-ring (bicyclic) bond motifs is 1. The highest BCUT2D eigenvalue weighted by atomic mass is 35.5. The Hall–Kier alpha value is -3.53. The van der Waals surface area contributed by atoms with Gasteiger partial charge in [0.15, 0.2) is 5.65 Å². The summed E-state index contributed by atoms with van der Waals surface area (Å²) in [6.07, 6.45) is 3.09. The van der Waals surface area contributed by atoms with Crippen molar-refractivity contribution < 1.29 is 9.18 Å². The van der Waals surface area contributed by atoms with Crippen LogP contribution in [0.4, 0.5) is 10.2 Å². The zero-order valence-corrected chi connectivity index (χ0v) is 28.4. The van der Waals surface area contributed by atoms with E-state index in [1.54, 1.807) is 35.4 Å². The Kier molecular flexibility index (Phi) is 10.9. The molecule has 1 amide bonds. The average Bonchev–Trinajstić information content (AvgIpc) is 2.99. The van der Waals surface area contributed by atoms with Gasteiger partial charge in [0.25, 0.3) is 0 Å². The molecule has 45 heavy (non-hydrogen) atoms. The first-order valence-electron chi connectivity index (χ1n) is 14.5. The molecule has 0 bridgehead atoms. The van der Waals surface area contributed by atoms with Crippen LogP contribution in [-0.4, -0.2) is 60.8 Å². The highest BCUT2D eigenvalue weighted by Gasteiger charge is 2.34. The number of alkyl halides is 2. The molecule has 1 fully saturated rings. The van der Waals surface area contributed by atoms with Crippen LogP contribution in [0.1, 0.15) is 50.4 Å². The maximum Gasteiger partial charge on any atom is 0.355 e. The second-order valence-electron chi connectivity index (χ2n) is 11.3. The summed E-state index contributed by atoms with van der Waals surface area (Å²) in [7, 11) is 0. The summed E-state index contributed by atoms with van der Waals surface area (Å²) in [5, 5.41) is 0.972. The normalized spacial score (nSPS) is 16.5. The second kappa shape index (κ2) is 14.3. The van der Waals surface area contributed by atoms with Crippen molar-refractivity contribution in [3.63, 3.8) is 0 Å². The van der Waals surface area contributed by atoms with Gasteiger partial charge in [-0.25, -0.2) is 18.7 Å². The summed E-state index contributed by atoms with van der Waals surface area (Å²) in [5.74, 6) is -0.159. The van der Waals surface area contributed by atoms with Crippen molar-refractivity contribution in [3.05, 3.63) is 87.3 Å². The van der Waals surface area contributed by atoms with Gasteiger partial charge in [0.2, 0.25) is 5.91 Å². The third kappa shape index (κ3) is 6.71. The number of aromatic nitrogens is 4. The quantitative estimate of drug-likeness (QED) is 0.162. The summed E-state index contributed by atoms with van der Waals surface area (Å²) in [4.78, 5) is 44.5. The molecular weight excluding hydrogens is 638 g/mol. The van der Waals surface area contributed by atoms with Crippen LogP contribution in [0.3, 0.4) is 0 Å². The lowest BCUT2D eigenvalue weighted by Gasteiger charge is -2.44. The van der Waals surface area contributed by atoms with Gasteiger partial charge in [-0.2, -0.15) is 4.98 Å². The molecule has 4 heterocycles. The highest BCUT2D eigenvalue weighted by molar-refractivity contribution is 6.40. The van der Waals surface area contributed by atoms with Gasteiger partial charge in [0.05, 0.1) is 27.1 Å². The number of halogens is 4. The van der Waals surface area contributed by atoms with Gasteiger partial charge in [-0.05, 0) is 69.0 Å². The fourth-order valence-electron chi connectivity index (χ4n) is 5.65. The first kappa shape index (κ1) is 34.3. The van der Waals surface area contributed by atoms with Gasteiger partial charge >= 0.3 is 5.69 Å². The Morgan fingerprint density at radius 1 is 1.13 bits per heavy atom. The van der Waals surface area contributed by atoms with E-state index in [1.165, 1.54) is 16.7 Å². The second-order valence-corrected chi connectivity index (χ2v) is 12.5. The van der Waals surface area contributed by atoms with E-state index in [1.807, 2.05) is 46.4 Å².